The van der Waals surface area contributed by atoms with E-state index in [1.165, 1.54) is 257 Å². The van der Waals surface area contributed by atoms with Gasteiger partial charge in [0, 0.05) is 6.42 Å². The highest BCUT2D eigenvalue weighted by atomic mass is 31.2. The van der Waals surface area contributed by atoms with Crippen LogP contribution in [0.5, 0.6) is 0 Å². The van der Waals surface area contributed by atoms with E-state index >= 15 is 0 Å². The second kappa shape index (κ2) is 55.7. The number of rotatable bonds is 60. The topological polar surface area (TPSA) is 108 Å². The normalized spacial score (nSPS) is 13.9. The van der Waals surface area contributed by atoms with Crippen LogP contribution in [0.3, 0.4) is 0 Å². The van der Waals surface area contributed by atoms with Gasteiger partial charge in [0.05, 0.1) is 39.9 Å². The summed E-state index contributed by atoms with van der Waals surface area (Å²) in [4.78, 5) is 25.5. The maximum atomic E-state index is 13.0. The summed E-state index contributed by atoms with van der Waals surface area (Å²) >= 11 is 0. The number of amides is 1. The van der Waals surface area contributed by atoms with Crippen molar-refractivity contribution in [2.24, 2.45) is 0 Å². The van der Waals surface area contributed by atoms with Crippen LogP contribution in [-0.4, -0.2) is 68.5 Å². The minimum atomic E-state index is -4.57. The maximum absolute atomic E-state index is 13.0. The Morgan fingerprint density at radius 1 is 0.479 bits per heavy atom. The predicted molar refractivity (Wildman–Crippen MR) is 316 cm³/mol. The Balaban J connectivity index is 3.87. The monoisotopic (exact) mass is 1050 g/mol. The van der Waals surface area contributed by atoms with Gasteiger partial charge in [-0.2, -0.15) is 0 Å². The number of hydrogen-bond donors (Lipinski definition) is 2. The maximum Gasteiger partial charge on any atom is 0.268 e. The number of quaternary nitrogens is 1. The Bertz CT molecular complexity index is 1240. The van der Waals surface area contributed by atoms with Gasteiger partial charge < -0.3 is 28.8 Å². The number of hydrogen-bond acceptors (Lipinski definition) is 6. The van der Waals surface area contributed by atoms with Crippen LogP contribution in [0, 0.1) is 0 Å². The van der Waals surface area contributed by atoms with Crippen molar-refractivity contribution < 1.29 is 32.9 Å². The van der Waals surface area contributed by atoms with Crippen LogP contribution >= 0.6 is 7.82 Å². The number of phosphoric acid groups is 1. The van der Waals surface area contributed by atoms with Gasteiger partial charge in [0.15, 0.2) is 0 Å². The lowest BCUT2D eigenvalue weighted by Gasteiger charge is -2.30. The molecule has 0 spiro atoms. The summed E-state index contributed by atoms with van der Waals surface area (Å²) < 4.78 is 23.4. The molecule has 0 fully saturated rings. The summed E-state index contributed by atoms with van der Waals surface area (Å²) in [5.41, 5.74) is 0. The highest BCUT2D eigenvalue weighted by Crippen LogP contribution is 2.38. The van der Waals surface area contributed by atoms with E-state index in [0.717, 1.165) is 44.9 Å². The lowest BCUT2D eigenvalue weighted by atomic mass is 10.0. The molecule has 0 bridgehead atoms. The van der Waals surface area contributed by atoms with Crippen LogP contribution in [0.4, 0.5) is 0 Å². The summed E-state index contributed by atoms with van der Waals surface area (Å²) in [6.07, 6.45) is 71.1. The third kappa shape index (κ3) is 58.5. The van der Waals surface area contributed by atoms with Crippen molar-refractivity contribution in [1.29, 1.82) is 0 Å². The first-order valence-electron chi connectivity index (χ1n) is 32.2. The van der Waals surface area contributed by atoms with Gasteiger partial charge in [0.25, 0.3) is 7.82 Å². The Morgan fingerprint density at radius 3 is 1.14 bits per heavy atom. The first-order valence-corrected chi connectivity index (χ1v) is 33.6. The number of allylic oxidation sites excluding steroid dienone is 4. The summed E-state index contributed by atoms with van der Waals surface area (Å²) in [5.74, 6) is -0.158. The Morgan fingerprint density at radius 2 is 0.795 bits per heavy atom. The van der Waals surface area contributed by atoms with E-state index in [4.69, 9.17) is 9.05 Å². The molecule has 0 aliphatic rings. The van der Waals surface area contributed by atoms with Gasteiger partial charge in [-0.05, 0) is 44.9 Å². The van der Waals surface area contributed by atoms with E-state index in [2.05, 4.69) is 43.5 Å². The molecular weight excluding hydrogens is 924 g/mol. The van der Waals surface area contributed by atoms with Crippen LogP contribution in [0.25, 0.3) is 0 Å². The summed E-state index contributed by atoms with van der Waals surface area (Å²) in [6.45, 7) is 4.75. The molecule has 3 unspecified atom stereocenters. The second-order valence-electron chi connectivity index (χ2n) is 23.5. The summed E-state index contributed by atoms with van der Waals surface area (Å²) in [7, 11) is 1.32. The molecule has 0 saturated heterocycles. The standard InChI is InChI=1S/C64H127N2O6P/c1-6-8-10-12-14-16-18-20-22-23-24-25-26-27-28-29-30-31-32-33-34-35-36-37-38-39-40-41-42-43-44-46-48-50-52-54-56-58-64(68)65-62(61-72-73(69,70)71-60-59-66(3,4)5)63(67)57-55-53-51-49-47-45-21-19-17-15-13-11-9-7-2/h18,20,23-24,62-63,67H,6-17,19,21-22,25-61H2,1-5H3,(H-,65,68,69,70)/b20-18-,24-23-. The van der Waals surface area contributed by atoms with Crippen molar-refractivity contribution >= 4 is 13.7 Å². The molecule has 8 nitrogen and oxygen atoms in total. The van der Waals surface area contributed by atoms with Crippen molar-refractivity contribution in [1.82, 2.24) is 5.32 Å². The van der Waals surface area contributed by atoms with Crippen LogP contribution in [0.2, 0.25) is 0 Å². The fourth-order valence-corrected chi connectivity index (χ4v) is 10.6. The van der Waals surface area contributed by atoms with Crippen LogP contribution in [0.1, 0.15) is 328 Å². The molecule has 2 N–H and O–H groups in total. The SMILES string of the molecule is CCCCCCC/C=C\C/C=C\CCCCCCCCCCCCCCCCCCCCCCCCCCCC(=O)NC(COP(=O)([O-])OCC[N+](C)(C)C)C(O)CCCCCCCCCCCCCCCC. The number of aliphatic hydroxyl groups is 1. The molecule has 0 aromatic carbocycles. The molecule has 0 radical (unpaired) electrons. The molecule has 434 valence electrons. The van der Waals surface area contributed by atoms with E-state index < -0.39 is 20.0 Å². The number of carbonyl (C=O) groups is 1. The van der Waals surface area contributed by atoms with Gasteiger partial charge in [0.2, 0.25) is 5.91 Å². The molecule has 0 rings (SSSR count). The molecule has 1 amide bonds. The number of phosphoric ester groups is 1. The molecule has 0 heterocycles. The minimum absolute atomic E-state index is 0.0152. The fourth-order valence-electron chi connectivity index (χ4n) is 9.90. The molecule has 3 atom stereocenters. The number of nitrogens with zero attached hydrogens (tertiary/aromatic N) is 1. The summed E-state index contributed by atoms with van der Waals surface area (Å²) in [6, 6.07) is -0.797. The first kappa shape index (κ1) is 72.0. The zero-order valence-corrected chi connectivity index (χ0v) is 50.5. The Hall–Kier alpha value is -1.02. The summed E-state index contributed by atoms with van der Waals surface area (Å²) in [5, 5.41) is 14.0. The Kier molecular flexibility index (Phi) is 54.9. The lowest BCUT2D eigenvalue weighted by molar-refractivity contribution is -0.870. The van der Waals surface area contributed by atoms with E-state index in [1.54, 1.807) is 0 Å². The molecule has 0 aromatic heterocycles. The minimum Gasteiger partial charge on any atom is -0.756 e. The zero-order chi connectivity index (χ0) is 53.5. The number of carbonyl (C=O) groups excluding carboxylic acids is 1. The van der Waals surface area contributed by atoms with Gasteiger partial charge in [0.1, 0.15) is 13.2 Å². The largest absolute Gasteiger partial charge is 0.756 e. The van der Waals surface area contributed by atoms with Crippen LogP contribution < -0.4 is 10.2 Å². The molecule has 73 heavy (non-hydrogen) atoms. The number of aliphatic hydroxyl groups excluding tert-OH is 1. The van der Waals surface area contributed by atoms with Crippen molar-refractivity contribution in [3.8, 4) is 0 Å². The number of unbranched alkanes of at least 4 members (excludes halogenated alkanes) is 43. The third-order valence-electron chi connectivity index (χ3n) is 14.9. The first-order chi connectivity index (χ1) is 35.5. The van der Waals surface area contributed by atoms with Gasteiger partial charge in [-0.25, -0.2) is 0 Å². The molecule has 0 aliphatic heterocycles. The third-order valence-corrected chi connectivity index (χ3v) is 15.9. The highest BCUT2D eigenvalue weighted by molar-refractivity contribution is 7.45. The van der Waals surface area contributed by atoms with Crippen molar-refractivity contribution in [3.63, 3.8) is 0 Å². The Labute approximate surface area is 455 Å². The number of likely N-dealkylation sites (N-methyl/N-ethyl adjacent to an activating group) is 1. The fraction of sp³-hybridized carbons (Fsp3) is 0.922. The average Bonchev–Trinajstić information content (AvgIpc) is 3.35. The van der Waals surface area contributed by atoms with Gasteiger partial charge in [-0.1, -0.05) is 301 Å². The lowest BCUT2D eigenvalue weighted by Crippen LogP contribution is -2.46. The van der Waals surface area contributed by atoms with Crippen molar-refractivity contribution in [2.75, 3.05) is 40.9 Å². The van der Waals surface area contributed by atoms with Gasteiger partial charge in [-0.3, -0.25) is 9.36 Å². The van der Waals surface area contributed by atoms with Crippen LogP contribution in [0.15, 0.2) is 24.3 Å². The van der Waals surface area contributed by atoms with E-state index in [1.807, 2.05) is 21.1 Å². The zero-order valence-electron chi connectivity index (χ0n) is 49.6. The van der Waals surface area contributed by atoms with Crippen molar-refractivity contribution in [3.05, 3.63) is 24.3 Å². The predicted octanol–water partition coefficient (Wildman–Crippen LogP) is 19.3. The quantitative estimate of drug-likeness (QED) is 0.0272. The highest BCUT2D eigenvalue weighted by Gasteiger charge is 2.24. The van der Waals surface area contributed by atoms with Gasteiger partial charge in [-0.15, -0.1) is 0 Å². The molecule has 0 aromatic rings. The van der Waals surface area contributed by atoms with Crippen molar-refractivity contribution in [2.45, 2.75) is 341 Å². The van der Waals surface area contributed by atoms with E-state index in [-0.39, 0.29) is 19.1 Å². The molecule has 0 saturated carbocycles. The molecule has 0 aliphatic carbocycles. The average molecular weight is 1050 g/mol. The second-order valence-corrected chi connectivity index (χ2v) is 24.9. The smallest absolute Gasteiger partial charge is 0.268 e. The van der Waals surface area contributed by atoms with E-state index in [0.29, 0.717) is 23.9 Å². The molecular formula is C64H127N2O6P. The number of nitrogens with one attached hydrogen (secondary N) is 1. The molecule has 9 heteroatoms. The van der Waals surface area contributed by atoms with E-state index in [9.17, 15) is 19.4 Å². The van der Waals surface area contributed by atoms with Gasteiger partial charge >= 0.3 is 0 Å². The van der Waals surface area contributed by atoms with Crippen LogP contribution in [-0.2, 0) is 18.4 Å².